The van der Waals surface area contributed by atoms with Crippen LogP contribution in [0.2, 0.25) is 0 Å². The number of aryl methyl sites for hydroxylation is 1. The molecular formula is C8H14ClN3O3. The standard InChI is InChI=1S/C8H13N3O3.ClH/c1-3-13-8(12)6(9)4-7-10-5(2)11-14-7;/h6H,3-4,9H2,1-2H3;1H. The van der Waals surface area contributed by atoms with Crippen LogP contribution >= 0.6 is 12.4 Å². The zero-order chi connectivity index (χ0) is 10.6. The summed E-state index contributed by atoms with van der Waals surface area (Å²) in [5, 5.41) is 3.58. The lowest BCUT2D eigenvalue weighted by molar-refractivity contribution is -0.144. The number of rotatable bonds is 4. The van der Waals surface area contributed by atoms with Crippen molar-refractivity contribution in [3.05, 3.63) is 11.7 Å². The summed E-state index contributed by atoms with van der Waals surface area (Å²) in [5.74, 6) is 0.419. The predicted molar refractivity (Wildman–Crippen MR) is 54.6 cm³/mol. The maximum absolute atomic E-state index is 11.1. The zero-order valence-electron chi connectivity index (χ0n) is 8.60. The molecule has 1 rings (SSSR count). The Morgan fingerprint density at radius 1 is 1.67 bits per heavy atom. The Hall–Kier alpha value is -1.14. The Morgan fingerprint density at radius 2 is 2.33 bits per heavy atom. The van der Waals surface area contributed by atoms with E-state index in [0.29, 0.717) is 18.3 Å². The number of hydrogen-bond donors (Lipinski definition) is 1. The van der Waals surface area contributed by atoms with Crippen molar-refractivity contribution in [3.8, 4) is 0 Å². The minimum atomic E-state index is -0.741. The zero-order valence-corrected chi connectivity index (χ0v) is 9.41. The molecule has 0 spiro atoms. The SMILES string of the molecule is CCOC(=O)C(N)Cc1nc(C)no1.Cl. The van der Waals surface area contributed by atoms with E-state index in [1.54, 1.807) is 13.8 Å². The van der Waals surface area contributed by atoms with Gasteiger partial charge in [-0.3, -0.25) is 4.79 Å². The summed E-state index contributed by atoms with van der Waals surface area (Å²) in [7, 11) is 0. The van der Waals surface area contributed by atoms with E-state index in [9.17, 15) is 4.79 Å². The van der Waals surface area contributed by atoms with Crippen LogP contribution in [-0.2, 0) is 16.0 Å². The molecule has 1 heterocycles. The smallest absolute Gasteiger partial charge is 0.323 e. The number of aromatic nitrogens is 2. The highest BCUT2D eigenvalue weighted by molar-refractivity contribution is 5.85. The van der Waals surface area contributed by atoms with Crippen LogP contribution in [0, 0.1) is 6.92 Å². The molecule has 0 bridgehead atoms. The molecule has 0 saturated carbocycles. The summed E-state index contributed by atoms with van der Waals surface area (Å²) in [6.07, 6.45) is 0.208. The van der Waals surface area contributed by atoms with E-state index in [1.807, 2.05) is 0 Å². The van der Waals surface area contributed by atoms with Gasteiger partial charge in [-0.05, 0) is 13.8 Å². The molecule has 0 aliphatic carbocycles. The number of esters is 1. The van der Waals surface area contributed by atoms with Gasteiger partial charge in [0.15, 0.2) is 5.82 Å². The molecule has 7 heteroatoms. The molecular weight excluding hydrogens is 222 g/mol. The first-order chi connectivity index (χ1) is 6.63. The van der Waals surface area contributed by atoms with Crippen LogP contribution in [-0.4, -0.2) is 28.8 Å². The maximum atomic E-state index is 11.1. The van der Waals surface area contributed by atoms with Crippen molar-refractivity contribution in [1.29, 1.82) is 0 Å². The van der Waals surface area contributed by atoms with Crippen molar-refractivity contribution >= 4 is 18.4 Å². The molecule has 0 aromatic carbocycles. The minimum absolute atomic E-state index is 0. The Bertz CT molecular complexity index is 316. The average molecular weight is 236 g/mol. The van der Waals surface area contributed by atoms with Gasteiger partial charge in [-0.15, -0.1) is 12.4 Å². The van der Waals surface area contributed by atoms with Crippen LogP contribution in [0.4, 0.5) is 0 Å². The first-order valence-electron chi connectivity index (χ1n) is 4.35. The van der Waals surface area contributed by atoms with Crippen molar-refractivity contribution in [3.63, 3.8) is 0 Å². The van der Waals surface area contributed by atoms with Crippen LogP contribution in [0.15, 0.2) is 4.52 Å². The number of carbonyl (C=O) groups is 1. The molecule has 0 aliphatic heterocycles. The van der Waals surface area contributed by atoms with E-state index >= 15 is 0 Å². The van der Waals surface area contributed by atoms with E-state index in [2.05, 4.69) is 10.1 Å². The Balaban J connectivity index is 0.00000196. The first-order valence-corrected chi connectivity index (χ1v) is 4.35. The van der Waals surface area contributed by atoms with Gasteiger partial charge < -0.3 is 15.0 Å². The van der Waals surface area contributed by atoms with Crippen LogP contribution < -0.4 is 5.73 Å². The van der Waals surface area contributed by atoms with Crippen LogP contribution in [0.25, 0.3) is 0 Å². The quantitative estimate of drug-likeness (QED) is 0.752. The lowest BCUT2D eigenvalue weighted by atomic mass is 10.2. The molecule has 1 aromatic rings. The second-order valence-corrected chi connectivity index (χ2v) is 2.80. The predicted octanol–water partition coefficient (Wildman–Crippen LogP) is 0.233. The van der Waals surface area contributed by atoms with E-state index in [0.717, 1.165) is 0 Å². The van der Waals surface area contributed by atoms with Crippen molar-refractivity contribution < 1.29 is 14.1 Å². The molecule has 0 amide bonds. The summed E-state index contributed by atoms with van der Waals surface area (Å²) in [6.45, 7) is 3.74. The van der Waals surface area contributed by atoms with Crippen LogP contribution in [0.1, 0.15) is 18.6 Å². The fraction of sp³-hybridized carbons (Fsp3) is 0.625. The third-order valence-electron chi connectivity index (χ3n) is 1.55. The van der Waals surface area contributed by atoms with E-state index in [4.69, 9.17) is 15.0 Å². The van der Waals surface area contributed by atoms with Gasteiger partial charge in [-0.1, -0.05) is 5.16 Å². The van der Waals surface area contributed by atoms with Crippen molar-refractivity contribution in [2.75, 3.05) is 6.61 Å². The van der Waals surface area contributed by atoms with Crippen molar-refractivity contribution in [2.24, 2.45) is 5.73 Å². The highest BCUT2D eigenvalue weighted by Gasteiger charge is 2.18. The molecule has 1 aromatic heterocycles. The highest BCUT2D eigenvalue weighted by Crippen LogP contribution is 2.00. The van der Waals surface area contributed by atoms with Gasteiger partial charge in [0, 0.05) is 0 Å². The van der Waals surface area contributed by atoms with Gasteiger partial charge in [-0.25, -0.2) is 0 Å². The molecule has 1 unspecified atom stereocenters. The summed E-state index contributed by atoms with van der Waals surface area (Å²) in [4.78, 5) is 15.0. The fourth-order valence-electron chi connectivity index (χ4n) is 0.944. The number of carbonyl (C=O) groups excluding carboxylic acids is 1. The highest BCUT2D eigenvalue weighted by atomic mass is 35.5. The molecule has 0 radical (unpaired) electrons. The normalized spacial score (nSPS) is 11.7. The molecule has 0 aliphatic rings. The lowest BCUT2D eigenvalue weighted by Crippen LogP contribution is -2.34. The molecule has 15 heavy (non-hydrogen) atoms. The van der Waals surface area contributed by atoms with Gasteiger partial charge in [0.2, 0.25) is 5.89 Å². The van der Waals surface area contributed by atoms with Gasteiger partial charge in [0.25, 0.3) is 0 Å². The third kappa shape index (κ3) is 4.26. The van der Waals surface area contributed by atoms with E-state index < -0.39 is 12.0 Å². The van der Waals surface area contributed by atoms with Gasteiger partial charge >= 0.3 is 5.97 Å². The summed E-state index contributed by atoms with van der Waals surface area (Å²) >= 11 is 0. The Labute approximate surface area is 93.6 Å². The van der Waals surface area contributed by atoms with Crippen LogP contribution in [0.3, 0.4) is 0 Å². The van der Waals surface area contributed by atoms with E-state index in [1.165, 1.54) is 0 Å². The molecule has 2 N–H and O–H groups in total. The lowest BCUT2D eigenvalue weighted by Gasteiger charge is -2.06. The largest absolute Gasteiger partial charge is 0.465 e. The minimum Gasteiger partial charge on any atom is -0.465 e. The first kappa shape index (κ1) is 13.9. The fourth-order valence-corrected chi connectivity index (χ4v) is 0.944. The van der Waals surface area contributed by atoms with Gasteiger partial charge in [0.05, 0.1) is 13.0 Å². The van der Waals surface area contributed by atoms with Crippen molar-refractivity contribution in [2.45, 2.75) is 26.3 Å². The summed E-state index contributed by atoms with van der Waals surface area (Å²) in [6, 6.07) is -0.741. The van der Waals surface area contributed by atoms with E-state index in [-0.39, 0.29) is 18.8 Å². The topological polar surface area (TPSA) is 91.2 Å². The van der Waals surface area contributed by atoms with Gasteiger partial charge in [0.1, 0.15) is 6.04 Å². The molecule has 1 atom stereocenters. The number of nitrogens with two attached hydrogens (primary N) is 1. The number of halogens is 1. The molecule has 86 valence electrons. The van der Waals surface area contributed by atoms with Crippen molar-refractivity contribution in [1.82, 2.24) is 10.1 Å². The third-order valence-corrected chi connectivity index (χ3v) is 1.55. The van der Waals surface area contributed by atoms with Crippen LogP contribution in [0.5, 0.6) is 0 Å². The monoisotopic (exact) mass is 235 g/mol. The second kappa shape index (κ2) is 6.36. The molecule has 0 saturated heterocycles. The number of hydrogen-bond acceptors (Lipinski definition) is 6. The number of nitrogens with zero attached hydrogens (tertiary/aromatic N) is 2. The molecule has 6 nitrogen and oxygen atoms in total. The maximum Gasteiger partial charge on any atom is 0.323 e. The van der Waals surface area contributed by atoms with Gasteiger partial charge in [-0.2, -0.15) is 4.98 Å². The second-order valence-electron chi connectivity index (χ2n) is 2.80. The molecule has 0 fully saturated rings. The summed E-state index contributed by atoms with van der Waals surface area (Å²) < 4.78 is 9.54. The number of ether oxygens (including phenoxy) is 1. The average Bonchev–Trinajstić information content (AvgIpc) is 2.51. The Morgan fingerprint density at radius 3 is 2.80 bits per heavy atom. The summed E-state index contributed by atoms with van der Waals surface area (Å²) in [5.41, 5.74) is 5.54. The Kier molecular flexibility index (Phi) is 5.88.